The lowest BCUT2D eigenvalue weighted by molar-refractivity contribution is -0.134. The third-order valence-corrected chi connectivity index (χ3v) is 6.34. The lowest BCUT2D eigenvalue weighted by atomic mass is 9.69. The van der Waals surface area contributed by atoms with Gasteiger partial charge in [-0.3, -0.25) is 9.69 Å². The smallest absolute Gasteiger partial charge is 0.406 e. The van der Waals surface area contributed by atoms with E-state index in [0.717, 1.165) is 16.7 Å². The molecule has 2 heterocycles. The lowest BCUT2D eigenvalue weighted by Crippen LogP contribution is -2.44. The van der Waals surface area contributed by atoms with Gasteiger partial charge in [-0.1, -0.05) is 54.6 Å². The third kappa shape index (κ3) is 4.37. The van der Waals surface area contributed by atoms with Crippen LogP contribution < -0.4 is 9.64 Å². The molecule has 1 saturated carbocycles. The third-order valence-electron chi connectivity index (χ3n) is 6.34. The summed E-state index contributed by atoms with van der Waals surface area (Å²) in [5.41, 5.74) is 3.19. The monoisotopic (exact) mass is 468 g/mol. The van der Waals surface area contributed by atoms with Gasteiger partial charge >= 0.3 is 6.18 Å². The Morgan fingerprint density at radius 2 is 1.76 bits per heavy atom. The molecule has 0 unspecified atom stereocenters. The van der Waals surface area contributed by atoms with Crippen molar-refractivity contribution in [2.45, 2.75) is 37.5 Å². The molecule has 1 N–H and O–H groups in total. The van der Waals surface area contributed by atoms with E-state index in [-0.39, 0.29) is 11.6 Å². The molecular weight excluding hydrogens is 445 g/mol. The number of amides is 1. The van der Waals surface area contributed by atoms with Crippen LogP contribution in [0.5, 0.6) is 5.88 Å². The van der Waals surface area contributed by atoms with Gasteiger partial charge in [0.05, 0.1) is 11.3 Å². The first-order valence-electron chi connectivity index (χ1n) is 11.0. The zero-order valence-corrected chi connectivity index (χ0v) is 18.5. The molecule has 176 valence electrons. The standard InChI is InChI=1S/C26H23F3N2O3/c1-25(33)12-19(13-25)16-7-9-18(10-8-16)23-20(17-5-3-2-4-6-17)11-21-24(30-23)34-14-22(32)31(21)15-26(27,28)29/h2-11,19,33H,12-15H2,1H3. The Labute approximate surface area is 194 Å². The van der Waals surface area contributed by atoms with Crippen LogP contribution in [0.25, 0.3) is 22.4 Å². The minimum absolute atomic E-state index is 0.00218. The number of halogens is 3. The topological polar surface area (TPSA) is 62.7 Å². The Bertz CT molecular complexity index is 1220. The first-order chi connectivity index (χ1) is 16.1. The van der Waals surface area contributed by atoms with E-state index < -0.39 is 30.8 Å². The number of hydrogen-bond donors (Lipinski definition) is 1. The van der Waals surface area contributed by atoms with Gasteiger partial charge in [0.2, 0.25) is 5.88 Å². The molecular formula is C26H23F3N2O3. The summed E-state index contributed by atoms with van der Waals surface area (Å²) in [6, 6.07) is 18.6. The second kappa shape index (κ2) is 8.13. The molecule has 1 amide bonds. The van der Waals surface area contributed by atoms with Crippen LogP contribution in [0, 0.1) is 0 Å². The second-order valence-electron chi connectivity index (χ2n) is 9.18. The molecule has 0 bridgehead atoms. The lowest BCUT2D eigenvalue weighted by Gasteiger charge is -2.41. The number of nitrogens with zero attached hydrogens (tertiary/aromatic N) is 2. The van der Waals surface area contributed by atoms with Crippen LogP contribution in [0.15, 0.2) is 60.7 Å². The molecule has 1 aromatic heterocycles. The maximum atomic E-state index is 13.2. The normalized spacial score (nSPS) is 22.1. The van der Waals surface area contributed by atoms with Gasteiger partial charge in [0.25, 0.3) is 5.91 Å². The van der Waals surface area contributed by atoms with Crippen molar-refractivity contribution in [2.75, 3.05) is 18.1 Å². The molecule has 5 rings (SSSR count). The van der Waals surface area contributed by atoms with E-state index in [0.29, 0.717) is 34.9 Å². The zero-order chi connectivity index (χ0) is 24.1. The first kappa shape index (κ1) is 22.4. The summed E-state index contributed by atoms with van der Waals surface area (Å²) in [6.45, 7) is -0.0775. The van der Waals surface area contributed by atoms with E-state index in [1.807, 2.05) is 61.5 Å². The quantitative estimate of drug-likeness (QED) is 0.562. The van der Waals surface area contributed by atoms with Crippen molar-refractivity contribution >= 4 is 11.6 Å². The molecule has 0 spiro atoms. The average Bonchev–Trinajstić information content (AvgIpc) is 2.78. The van der Waals surface area contributed by atoms with E-state index in [4.69, 9.17) is 4.74 Å². The number of pyridine rings is 1. The fourth-order valence-electron chi connectivity index (χ4n) is 4.69. The predicted molar refractivity (Wildman–Crippen MR) is 122 cm³/mol. The number of aliphatic hydroxyl groups is 1. The van der Waals surface area contributed by atoms with Crippen LogP contribution in [0.4, 0.5) is 18.9 Å². The van der Waals surface area contributed by atoms with Crippen molar-refractivity contribution in [2.24, 2.45) is 0 Å². The summed E-state index contributed by atoms with van der Waals surface area (Å²) in [6.07, 6.45) is -3.15. The molecule has 5 nitrogen and oxygen atoms in total. The number of fused-ring (bicyclic) bond motifs is 1. The predicted octanol–water partition coefficient (Wildman–Crippen LogP) is 5.33. The number of aromatic nitrogens is 1. The molecule has 3 aromatic rings. The van der Waals surface area contributed by atoms with Gasteiger partial charge < -0.3 is 9.84 Å². The zero-order valence-electron chi connectivity index (χ0n) is 18.5. The second-order valence-corrected chi connectivity index (χ2v) is 9.18. The number of benzene rings is 2. The van der Waals surface area contributed by atoms with Crippen LogP contribution >= 0.6 is 0 Å². The van der Waals surface area contributed by atoms with Crippen molar-refractivity contribution in [3.05, 3.63) is 66.2 Å². The number of carbonyl (C=O) groups is 1. The van der Waals surface area contributed by atoms with Gasteiger partial charge in [-0.2, -0.15) is 13.2 Å². The van der Waals surface area contributed by atoms with Crippen molar-refractivity contribution in [3.8, 4) is 28.3 Å². The Morgan fingerprint density at radius 1 is 1.09 bits per heavy atom. The number of anilines is 1. The van der Waals surface area contributed by atoms with Crippen LogP contribution in [0.3, 0.4) is 0 Å². The van der Waals surface area contributed by atoms with Crippen LogP contribution in [0.2, 0.25) is 0 Å². The highest BCUT2D eigenvalue weighted by Gasteiger charge is 2.39. The van der Waals surface area contributed by atoms with Gasteiger partial charge in [0, 0.05) is 11.1 Å². The summed E-state index contributed by atoms with van der Waals surface area (Å²) in [5, 5.41) is 10.0. The van der Waals surface area contributed by atoms with Crippen molar-refractivity contribution in [3.63, 3.8) is 0 Å². The molecule has 0 radical (unpaired) electrons. The van der Waals surface area contributed by atoms with Gasteiger partial charge in [-0.15, -0.1) is 0 Å². The number of hydrogen-bond acceptors (Lipinski definition) is 4. The summed E-state index contributed by atoms with van der Waals surface area (Å²) in [5.74, 6) is -0.476. The fourth-order valence-corrected chi connectivity index (χ4v) is 4.69. The van der Waals surface area contributed by atoms with Crippen LogP contribution in [-0.2, 0) is 4.79 Å². The van der Waals surface area contributed by atoms with Gasteiger partial charge in [0.15, 0.2) is 6.61 Å². The van der Waals surface area contributed by atoms with Crippen LogP contribution in [-0.4, -0.2) is 40.9 Å². The average molecular weight is 468 g/mol. The molecule has 8 heteroatoms. The van der Waals surface area contributed by atoms with E-state index in [1.165, 1.54) is 0 Å². The van der Waals surface area contributed by atoms with Gasteiger partial charge in [-0.05, 0) is 42.9 Å². The fraction of sp³-hybridized carbons (Fsp3) is 0.308. The van der Waals surface area contributed by atoms with E-state index >= 15 is 0 Å². The van der Waals surface area contributed by atoms with E-state index in [9.17, 15) is 23.1 Å². The molecule has 1 aliphatic heterocycles. The number of rotatable bonds is 4. The summed E-state index contributed by atoms with van der Waals surface area (Å²) < 4.78 is 45.0. The minimum atomic E-state index is -4.56. The van der Waals surface area contributed by atoms with Gasteiger partial charge in [0.1, 0.15) is 12.2 Å². The highest BCUT2D eigenvalue weighted by Crippen LogP contribution is 2.45. The Kier molecular flexibility index (Phi) is 5.36. The van der Waals surface area contributed by atoms with E-state index in [2.05, 4.69) is 4.98 Å². The van der Waals surface area contributed by atoms with Crippen LogP contribution in [0.1, 0.15) is 31.2 Å². The number of carbonyl (C=O) groups excluding carboxylic acids is 1. The highest BCUT2D eigenvalue weighted by molar-refractivity contribution is 5.99. The molecule has 1 fully saturated rings. The van der Waals surface area contributed by atoms with Crippen molar-refractivity contribution in [1.29, 1.82) is 0 Å². The van der Waals surface area contributed by atoms with E-state index in [1.54, 1.807) is 6.07 Å². The summed E-state index contributed by atoms with van der Waals surface area (Å²) in [7, 11) is 0. The largest absolute Gasteiger partial charge is 0.466 e. The maximum Gasteiger partial charge on any atom is 0.406 e. The molecule has 0 saturated heterocycles. The van der Waals surface area contributed by atoms with Crippen molar-refractivity contribution < 1.29 is 27.8 Å². The summed E-state index contributed by atoms with van der Waals surface area (Å²) >= 11 is 0. The maximum absolute atomic E-state index is 13.2. The van der Waals surface area contributed by atoms with Gasteiger partial charge in [-0.25, -0.2) is 4.98 Å². The minimum Gasteiger partial charge on any atom is -0.466 e. The number of alkyl halides is 3. The molecule has 2 aliphatic rings. The molecule has 2 aromatic carbocycles. The highest BCUT2D eigenvalue weighted by atomic mass is 19.4. The molecule has 0 atom stereocenters. The SMILES string of the molecule is CC1(O)CC(c2ccc(-c3nc4c(cc3-c3ccccc3)N(CC(F)(F)F)C(=O)CO4)cc2)C1. The molecule has 1 aliphatic carbocycles. The Hall–Kier alpha value is -3.39. The number of ether oxygens (including phenoxy) is 1. The Morgan fingerprint density at radius 3 is 2.38 bits per heavy atom. The molecule has 34 heavy (non-hydrogen) atoms. The summed E-state index contributed by atoms with van der Waals surface area (Å²) in [4.78, 5) is 17.5. The van der Waals surface area contributed by atoms with Crippen molar-refractivity contribution in [1.82, 2.24) is 4.98 Å². The first-order valence-corrected chi connectivity index (χ1v) is 11.0. The Balaban J connectivity index is 1.58.